The van der Waals surface area contributed by atoms with Crippen LogP contribution in [-0.2, 0) is 11.3 Å². The minimum atomic E-state index is 0.443. The van der Waals surface area contributed by atoms with Crippen molar-refractivity contribution >= 4 is 11.3 Å². The maximum Gasteiger partial charge on any atom is 0.0795 e. The van der Waals surface area contributed by atoms with E-state index in [2.05, 4.69) is 27.6 Å². The second-order valence-electron chi connectivity index (χ2n) is 4.56. The van der Waals surface area contributed by atoms with Crippen LogP contribution in [0.25, 0.3) is 0 Å². The predicted molar refractivity (Wildman–Crippen MR) is 70.3 cm³/mol. The Morgan fingerprint density at radius 3 is 3.29 bits per heavy atom. The molecule has 5 heteroatoms. The fraction of sp³-hybridized carbons (Fsp3) is 0.750. The number of nitrogens with one attached hydrogen (secondary N) is 1. The molecule has 1 aromatic rings. The van der Waals surface area contributed by atoms with E-state index in [0.29, 0.717) is 6.10 Å². The summed E-state index contributed by atoms with van der Waals surface area (Å²) in [4.78, 5) is 6.57. The molecular weight excluding hydrogens is 234 g/mol. The quantitative estimate of drug-likeness (QED) is 0.746. The summed E-state index contributed by atoms with van der Waals surface area (Å²) >= 11 is 1.66. The van der Waals surface area contributed by atoms with Gasteiger partial charge in [0.05, 0.1) is 17.3 Å². The van der Waals surface area contributed by atoms with E-state index in [1.54, 1.807) is 11.3 Å². The van der Waals surface area contributed by atoms with Crippen molar-refractivity contribution in [1.82, 2.24) is 15.2 Å². The smallest absolute Gasteiger partial charge is 0.0795 e. The predicted octanol–water partition coefficient (Wildman–Crippen LogP) is 1.34. The summed E-state index contributed by atoms with van der Waals surface area (Å²) in [5.41, 5.74) is 3.05. The second-order valence-corrected chi connectivity index (χ2v) is 5.28. The van der Waals surface area contributed by atoms with Crippen LogP contribution in [-0.4, -0.2) is 49.3 Å². The van der Waals surface area contributed by atoms with Crippen molar-refractivity contribution in [3.63, 3.8) is 0 Å². The molecule has 0 aromatic carbocycles. The number of ether oxygens (including phenoxy) is 1. The molecule has 0 spiro atoms. The number of rotatable bonds is 7. The van der Waals surface area contributed by atoms with Crippen LogP contribution < -0.4 is 5.32 Å². The van der Waals surface area contributed by atoms with Gasteiger partial charge in [0, 0.05) is 38.2 Å². The van der Waals surface area contributed by atoms with Crippen molar-refractivity contribution < 1.29 is 4.74 Å². The number of thiazole rings is 1. The minimum absolute atomic E-state index is 0.443. The van der Waals surface area contributed by atoms with Crippen molar-refractivity contribution in [3.05, 3.63) is 16.6 Å². The van der Waals surface area contributed by atoms with E-state index in [0.717, 1.165) is 38.5 Å². The highest BCUT2D eigenvalue weighted by Gasteiger charge is 2.14. The van der Waals surface area contributed by atoms with Crippen molar-refractivity contribution in [3.8, 4) is 0 Å². The van der Waals surface area contributed by atoms with E-state index in [9.17, 15) is 0 Å². The van der Waals surface area contributed by atoms with Gasteiger partial charge in [-0.05, 0) is 19.9 Å². The molecular formula is C12H21N3OS. The van der Waals surface area contributed by atoms with Gasteiger partial charge in [-0.25, -0.2) is 4.98 Å². The van der Waals surface area contributed by atoms with Crippen LogP contribution in [0.4, 0.5) is 0 Å². The number of hydrogen-bond acceptors (Lipinski definition) is 5. The molecule has 2 rings (SSSR count). The molecule has 17 heavy (non-hydrogen) atoms. The van der Waals surface area contributed by atoms with Crippen molar-refractivity contribution in [1.29, 1.82) is 0 Å². The molecule has 1 unspecified atom stereocenters. The highest BCUT2D eigenvalue weighted by atomic mass is 32.1. The molecule has 0 bridgehead atoms. The first-order chi connectivity index (χ1) is 8.34. The third-order valence-electron chi connectivity index (χ3n) is 2.98. The first kappa shape index (κ1) is 13.0. The zero-order chi connectivity index (χ0) is 11.9. The summed E-state index contributed by atoms with van der Waals surface area (Å²) in [6.07, 6.45) is 2.87. The van der Waals surface area contributed by atoms with Crippen molar-refractivity contribution in [2.45, 2.75) is 25.5 Å². The molecule has 1 N–H and O–H groups in total. The van der Waals surface area contributed by atoms with Gasteiger partial charge in [0.15, 0.2) is 0 Å². The van der Waals surface area contributed by atoms with Crippen LogP contribution in [0, 0.1) is 0 Å². The number of aromatic nitrogens is 1. The average molecular weight is 255 g/mol. The Labute approximate surface area is 107 Å². The lowest BCUT2D eigenvalue weighted by Gasteiger charge is -2.16. The third kappa shape index (κ3) is 4.71. The summed E-state index contributed by atoms with van der Waals surface area (Å²) in [6, 6.07) is 0. The van der Waals surface area contributed by atoms with E-state index >= 15 is 0 Å². The van der Waals surface area contributed by atoms with Crippen molar-refractivity contribution in [2.24, 2.45) is 0 Å². The zero-order valence-corrected chi connectivity index (χ0v) is 11.2. The Balaban J connectivity index is 1.52. The van der Waals surface area contributed by atoms with Gasteiger partial charge in [-0.2, -0.15) is 0 Å². The Bertz CT molecular complexity index is 299. The molecule has 1 aromatic heterocycles. The highest BCUT2D eigenvalue weighted by Crippen LogP contribution is 2.10. The highest BCUT2D eigenvalue weighted by molar-refractivity contribution is 7.07. The Morgan fingerprint density at radius 2 is 2.59 bits per heavy atom. The van der Waals surface area contributed by atoms with Gasteiger partial charge in [0.2, 0.25) is 0 Å². The van der Waals surface area contributed by atoms with E-state index in [1.807, 2.05) is 5.51 Å². The summed E-state index contributed by atoms with van der Waals surface area (Å²) in [6.45, 7) is 4.93. The maximum absolute atomic E-state index is 5.56. The lowest BCUT2D eigenvalue weighted by atomic mass is 10.2. The van der Waals surface area contributed by atoms with Crippen LogP contribution in [0.15, 0.2) is 10.9 Å². The normalized spacial score (nSPS) is 20.2. The van der Waals surface area contributed by atoms with E-state index in [1.165, 1.54) is 12.8 Å². The first-order valence-corrected chi connectivity index (χ1v) is 7.17. The van der Waals surface area contributed by atoms with Crippen molar-refractivity contribution in [2.75, 3.05) is 33.3 Å². The molecule has 1 fully saturated rings. The van der Waals surface area contributed by atoms with Crippen LogP contribution in [0.3, 0.4) is 0 Å². The molecule has 2 heterocycles. The first-order valence-electron chi connectivity index (χ1n) is 6.22. The molecule has 96 valence electrons. The SMILES string of the molecule is CN(CCNCC1CCCO1)Cc1cscn1. The molecule has 0 saturated carbocycles. The lowest BCUT2D eigenvalue weighted by Crippen LogP contribution is -2.33. The Kier molecular flexibility index (Phi) is 5.38. The Morgan fingerprint density at radius 1 is 1.65 bits per heavy atom. The molecule has 0 amide bonds. The molecule has 1 aliphatic rings. The molecule has 1 saturated heterocycles. The summed E-state index contributed by atoms with van der Waals surface area (Å²) in [5, 5.41) is 5.56. The molecule has 0 radical (unpaired) electrons. The van der Waals surface area contributed by atoms with Gasteiger partial charge < -0.3 is 10.1 Å². The topological polar surface area (TPSA) is 37.4 Å². The number of hydrogen-bond donors (Lipinski definition) is 1. The van der Waals surface area contributed by atoms with E-state index in [4.69, 9.17) is 4.74 Å². The number of likely N-dealkylation sites (N-methyl/N-ethyl adjacent to an activating group) is 1. The molecule has 0 aliphatic carbocycles. The van der Waals surface area contributed by atoms with E-state index in [-0.39, 0.29) is 0 Å². The molecule has 1 atom stereocenters. The largest absolute Gasteiger partial charge is 0.377 e. The average Bonchev–Trinajstić information content (AvgIpc) is 2.96. The second kappa shape index (κ2) is 7.06. The number of nitrogens with zero attached hydrogens (tertiary/aromatic N) is 2. The Hall–Kier alpha value is -0.490. The molecule has 1 aliphatic heterocycles. The van der Waals surface area contributed by atoms with Crippen LogP contribution in [0.1, 0.15) is 18.5 Å². The van der Waals surface area contributed by atoms with Crippen LogP contribution in [0.2, 0.25) is 0 Å². The summed E-state index contributed by atoms with van der Waals surface area (Å²) in [7, 11) is 2.13. The lowest BCUT2D eigenvalue weighted by molar-refractivity contribution is 0.109. The van der Waals surface area contributed by atoms with Crippen LogP contribution in [0.5, 0.6) is 0 Å². The standard InChI is InChI=1S/C12H21N3OS/c1-15(8-11-9-17-10-14-11)5-4-13-7-12-3-2-6-16-12/h9-10,12-13H,2-8H2,1H3. The van der Waals surface area contributed by atoms with Gasteiger partial charge in [0.25, 0.3) is 0 Å². The van der Waals surface area contributed by atoms with Gasteiger partial charge in [0.1, 0.15) is 0 Å². The van der Waals surface area contributed by atoms with Gasteiger partial charge >= 0.3 is 0 Å². The van der Waals surface area contributed by atoms with Crippen LogP contribution >= 0.6 is 11.3 Å². The van der Waals surface area contributed by atoms with Gasteiger partial charge in [-0.1, -0.05) is 0 Å². The minimum Gasteiger partial charge on any atom is -0.377 e. The zero-order valence-electron chi connectivity index (χ0n) is 10.4. The fourth-order valence-corrected chi connectivity index (χ4v) is 2.56. The molecule has 4 nitrogen and oxygen atoms in total. The van der Waals surface area contributed by atoms with E-state index < -0.39 is 0 Å². The van der Waals surface area contributed by atoms with Gasteiger partial charge in [-0.15, -0.1) is 11.3 Å². The monoisotopic (exact) mass is 255 g/mol. The third-order valence-corrected chi connectivity index (χ3v) is 3.62. The fourth-order valence-electron chi connectivity index (χ4n) is 2.01. The summed E-state index contributed by atoms with van der Waals surface area (Å²) < 4.78 is 5.56. The van der Waals surface area contributed by atoms with Gasteiger partial charge in [-0.3, -0.25) is 4.90 Å². The maximum atomic E-state index is 5.56. The summed E-state index contributed by atoms with van der Waals surface area (Å²) in [5.74, 6) is 0.